The second kappa shape index (κ2) is 7.10. The van der Waals surface area contributed by atoms with Crippen LogP contribution in [0.3, 0.4) is 0 Å². The number of benzene rings is 1. The molecule has 1 aromatic heterocycles. The minimum Gasteiger partial charge on any atom is -0.497 e. The first kappa shape index (κ1) is 16.0. The summed E-state index contributed by atoms with van der Waals surface area (Å²) in [5.41, 5.74) is 0.886. The standard InChI is InChI=1S/C17H23N3O3/c1-12(21)13-7-9-20(10-8-13)11-16-18-17(23-19-16)14-3-5-15(22-2)6-4-14/h3-6,12-13,21H,7-11H2,1-2H3. The number of ether oxygens (including phenoxy) is 1. The van der Waals surface area contributed by atoms with Gasteiger partial charge in [0.15, 0.2) is 5.82 Å². The van der Waals surface area contributed by atoms with Gasteiger partial charge in [0.25, 0.3) is 5.89 Å². The number of methoxy groups -OCH3 is 1. The highest BCUT2D eigenvalue weighted by atomic mass is 16.5. The van der Waals surface area contributed by atoms with Crippen LogP contribution in [0.4, 0.5) is 0 Å². The van der Waals surface area contributed by atoms with Gasteiger partial charge < -0.3 is 14.4 Å². The van der Waals surface area contributed by atoms with Crippen LogP contribution < -0.4 is 4.74 Å². The highest BCUT2D eigenvalue weighted by Gasteiger charge is 2.23. The van der Waals surface area contributed by atoms with Crippen LogP contribution in [-0.2, 0) is 6.54 Å². The van der Waals surface area contributed by atoms with Crippen LogP contribution in [0.25, 0.3) is 11.5 Å². The van der Waals surface area contributed by atoms with Gasteiger partial charge in [-0.05, 0) is 63.0 Å². The van der Waals surface area contributed by atoms with Crippen LogP contribution in [0.15, 0.2) is 28.8 Å². The van der Waals surface area contributed by atoms with E-state index in [9.17, 15) is 5.11 Å². The molecule has 1 atom stereocenters. The molecule has 0 amide bonds. The van der Waals surface area contributed by atoms with Gasteiger partial charge in [-0.3, -0.25) is 4.90 Å². The summed E-state index contributed by atoms with van der Waals surface area (Å²) in [5.74, 6) is 2.44. The zero-order valence-corrected chi connectivity index (χ0v) is 13.6. The van der Waals surface area contributed by atoms with Crippen molar-refractivity contribution in [3.63, 3.8) is 0 Å². The molecule has 3 rings (SSSR count). The predicted octanol–water partition coefficient (Wildman–Crippen LogP) is 2.34. The van der Waals surface area contributed by atoms with Crippen molar-refractivity contribution >= 4 is 0 Å². The Labute approximate surface area is 136 Å². The lowest BCUT2D eigenvalue weighted by atomic mass is 9.92. The van der Waals surface area contributed by atoms with Gasteiger partial charge in [0.2, 0.25) is 0 Å². The van der Waals surface area contributed by atoms with Crippen molar-refractivity contribution in [2.24, 2.45) is 5.92 Å². The van der Waals surface area contributed by atoms with E-state index in [1.165, 1.54) is 0 Å². The van der Waals surface area contributed by atoms with E-state index in [0.29, 0.717) is 24.2 Å². The van der Waals surface area contributed by atoms with Gasteiger partial charge in [-0.15, -0.1) is 0 Å². The Bertz CT molecular complexity index is 616. The molecule has 1 saturated heterocycles. The Morgan fingerprint density at radius 3 is 2.61 bits per heavy atom. The number of aliphatic hydroxyl groups excluding tert-OH is 1. The van der Waals surface area contributed by atoms with Crippen molar-refractivity contribution in [3.05, 3.63) is 30.1 Å². The SMILES string of the molecule is COc1ccc(-c2nc(CN3CCC(C(C)O)CC3)no2)cc1. The molecule has 1 aliphatic rings. The molecule has 2 aromatic rings. The summed E-state index contributed by atoms with van der Waals surface area (Å²) in [4.78, 5) is 6.78. The molecule has 0 aliphatic carbocycles. The molecule has 1 aromatic carbocycles. The van der Waals surface area contributed by atoms with E-state index >= 15 is 0 Å². The number of hydrogen-bond acceptors (Lipinski definition) is 6. The van der Waals surface area contributed by atoms with Crippen LogP contribution in [0.1, 0.15) is 25.6 Å². The number of aliphatic hydroxyl groups is 1. The summed E-state index contributed by atoms with van der Waals surface area (Å²) in [7, 11) is 1.64. The van der Waals surface area contributed by atoms with Crippen molar-refractivity contribution in [3.8, 4) is 17.2 Å². The molecule has 0 radical (unpaired) electrons. The van der Waals surface area contributed by atoms with Crippen molar-refractivity contribution in [1.29, 1.82) is 0 Å². The number of likely N-dealkylation sites (tertiary alicyclic amines) is 1. The van der Waals surface area contributed by atoms with Crippen molar-refractivity contribution < 1.29 is 14.4 Å². The molecule has 6 nitrogen and oxygen atoms in total. The fourth-order valence-corrected chi connectivity index (χ4v) is 2.96. The van der Waals surface area contributed by atoms with Crippen LogP contribution >= 0.6 is 0 Å². The minimum atomic E-state index is -0.219. The fraction of sp³-hybridized carbons (Fsp3) is 0.529. The fourth-order valence-electron chi connectivity index (χ4n) is 2.96. The van der Waals surface area contributed by atoms with E-state index in [-0.39, 0.29) is 6.10 Å². The first-order chi connectivity index (χ1) is 11.2. The lowest BCUT2D eigenvalue weighted by Gasteiger charge is -2.32. The number of aromatic nitrogens is 2. The second-order valence-corrected chi connectivity index (χ2v) is 6.10. The van der Waals surface area contributed by atoms with Gasteiger partial charge >= 0.3 is 0 Å². The van der Waals surface area contributed by atoms with Crippen molar-refractivity contribution in [1.82, 2.24) is 15.0 Å². The number of rotatable bonds is 5. The average molecular weight is 317 g/mol. The van der Waals surface area contributed by atoms with Crippen molar-refractivity contribution in [2.45, 2.75) is 32.4 Å². The van der Waals surface area contributed by atoms with Gasteiger partial charge in [-0.1, -0.05) is 5.16 Å². The molecule has 23 heavy (non-hydrogen) atoms. The predicted molar refractivity (Wildman–Crippen MR) is 86.0 cm³/mol. The maximum Gasteiger partial charge on any atom is 0.257 e. The monoisotopic (exact) mass is 317 g/mol. The average Bonchev–Trinajstić information content (AvgIpc) is 3.04. The molecule has 2 heterocycles. The first-order valence-corrected chi connectivity index (χ1v) is 8.03. The quantitative estimate of drug-likeness (QED) is 0.912. The molecule has 1 aliphatic heterocycles. The number of piperidine rings is 1. The lowest BCUT2D eigenvalue weighted by molar-refractivity contribution is 0.0684. The van der Waals surface area contributed by atoms with Crippen molar-refractivity contribution in [2.75, 3.05) is 20.2 Å². The van der Waals surface area contributed by atoms with E-state index in [1.54, 1.807) is 7.11 Å². The lowest BCUT2D eigenvalue weighted by Crippen LogP contribution is -2.36. The van der Waals surface area contributed by atoms with Gasteiger partial charge in [-0.25, -0.2) is 0 Å². The van der Waals surface area contributed by atoms with Crippen LogP contribution in [0, 0.1) is 5.92 Å². The summed E-state index contributed by atoms with van der Waals surface area (Å²) >= 11 is 0. The number of hydrogen-bond donors (Lipinski definition) is 1. The van der Waals surface area contributed by atoms with Gasteiger partial charge in [0, 0.05) is 5.56 Å². The zero-order valence-electron chi connectivity index (χ0n) is 13.6. The Morgan fingerprint density at radius 1 is 1.30 bits per heavy atom. The molecule has 1 unspecified atom stereocenters. The maximum absolute atomic E-state index is 9.65. The first-order valence-electron chi connectivity index (χ1n) is 8.03. The Balaban J connectivity index is 1.59. The van der Waals surface area contributed by atoms with Crippen LogP contribution in [0.2, 0.25) is 0 Å². The third kappa shape index (κ3) is 3.89. The topological polar surface area (TPSA) is 71.6 Å². The minimum absolute atomic E-state index is 0.219. The van der Waals surface area contributed by atoms with Crippen LogP contribution in [0.5, 0.6) is 5.75 Å². The molecule has 0 bridgehead atoms. The molecule has 0 saturated carbocycles. The highest BCUT2D eigenvalue weighted by molar-refractivity contribution is 5.54. The van der Waals surface area contributed by atoms with E-state index in [1.807, 2.05) is 31.2 Å². The molecular formula is C17H23N3O3. The zero-order chi connectivity index (χ0) is 16.2. The largest absolute Gasteiger partial charge is 0.497 e. The molecule has 0 spiro atoms. The molecule has 1 N–H and O–H groups in total. The second-order valence-electron chi connectivity index (χ2n) is 6.10. The van der Waals surface area contributed by atoms with Gasteiger partial charge in [-0.2, -0.15) is 4.98 Å². The molecule has 1 fully saturated rings. The smallest absolute Gasteiger partial charge is 0.257 e. The molecular weight excluding hydrogens is 294 g/mol. The normalized spacial score (nSPS) is 18.0. The summed E-state index contributed by atoms with van der Waals surface area (Å²) in [6, 6.07) is 7.56. The van der Waals surface area contributed by atoms with E-state index in [4.69, 9.17) is 9.26 Å². The third-order valence-corrected chi connectivity index (χ3v) is 4.48. The highest BCUT2D eigenvalue weighted by Crippen LogP contribution is 2.23. The summed E-state index contributed by atoms with van der Waals surface area (Å²) in [6.45, 7) is 4.48. The molecule has 124 valence electrons. The van der Waals surface area contributed by atoms with Gasteiger partial charge in [0.05, 0.1) is 19.8 Å². The Hall–Kier alpha value is -1.92. The Kier molecular flexibility index (Phi) is 4.93. The summed E-state index contributed by atoms with van der Waals surface area (Å²) in [6.07, 6.45) is 1.81. The maximum atomic E-state index is 9.65. The molecule has 6 heteroatoms. The Morgan fingerprint density at radius 2 is 2.00 bits per heavy atom. The van der Waals surface area contributed by atoms with E-state index in [0.717, 1.165) is 37.2 Å². The van der Waals surface area contributed by atoms with E-state index in [2.05, 4.69) is 15.0 Å². The summed E-state index contributed by atoms with van der Waals surface area (Å²) < 4.78 is 10.5. The van der Waals surface area contributed by atoms with Gasteiger partial charge in [0.1, 0.15) is 5.75 Å². The van der Waals surface area contributed by atoms with E-state index < -0.39 is 0 Å². The van der Waals surface area contributed by atoms with Crippen LogP contribution in [-0.4, -0.2) is 46.5 Å². The third-order valence-electron chi connectivity index (χ3n) is 4.48. The number of nitrogens with zero attached hydrogens (tertiary/aromatic N) is 3. The summed E-state index contributed by atoms with van der Waals surface area (Å²) in [5, 5.41) is 13.7.